The fourth-order valence-electron chi connectivity index (χ4n) is 4.58. The second-order valence-electron chi connectivity index (χ2n) is 8.53. The van der Waals surface area contributed by atoms with Crippen molar-refractivity contribution < 1.29 is 14.3 Å². The second-order valence-corrected chi connectivity index (χ2v) is 8.97. The Kier molecular flexibility index (Phi) is 3.95. The lowest BCUT2D eigenvalue weighted by Gasteiger charge is -2.40. The SMILES string of the molecule is CC1(C)CC(=O)C2=C(C1)Nc1cc3c(cc1C2c1cccc(Cl)c1)OCCO3. The van der Waals surface area contributed by atoms with Gasteiger partial charge in [-0.15, -0.1) is 0 Å². The third kappa shape index (κ3) is 2.87. The summed E-state index contributed by atoms with van der Waals surface area (Å²) in [5.74, 6) is 1.51. The van der Waals surface area contributed by atoms with E-state index in [1.165, 1.54) is 0 Å². The first-order chi connectivity index (χ1) is 13.4. The summed E-state index contributed by atoms with van der Waals surface area (Å²) in [6.45, 7) is 5.36. The summed E-state index contributed by atoms with van der Waals surface area (Å²) in [5.41, 5.74) is 4.82. The van der Waals surface area contributed by atoms with Crippen LogP contribution in [0.3, 0.4) is 0 Å². The number of benzene rings is 2. The first-order valence-corrected chi connectivity index (χ1v) is 10.0. The third-order valence-corrected chi connectivity index (χ3v) is 5.94. The Morgan fingerprint density at radius 1 is 1.07 bits per heavy atom. The molecule has 2 aromatic carbocycles. The highest BCUT2D eigenvalue weighted by Crippen LogP contribution is 2.51. The molecule has 3 aliphatic rings. The Morgan fingerprint density at radius 3 is 2.57 bits per heavy atom. The van der Waals surface area contributed by atoms with Crippen LogP contribution in [0.1, 0.15) is 43.7 Å². The van der Waals surface area contributed by atoms with Crippen LogP contribution in [0, 0.1) is 5.41 Å². The van der Waals surface area contributed by atoms with E-state index in [9.17, 15) is 4.79 Å². The quantitative estimate of drug-likeness (QED) is 0.710. The van der Waals surface area contributed by atoms with Gasteiger partial charge in [0.15, 0.2) is 17.3 Å². The number of carbonyl (C=O) groups excluding carboxylic acids is 1. The van der Waals surface area contributed by atoms with E-state index in [1.54, 1.807) is 0 Å². The van der Waals surface area contributed by atoms with Gasteiger partial charge in [0.1, 0.15) is 13.2 Å². The van der Waals surface area contributed by atoms with E-state index in [1.807, 2.05) is 36.4 Å². The van der Waals surface area contributed by atoms with Crippen LogP contribution in [0.2, 0.25) is 5.02 Å². The maximum atomic E-state index is 13.2. The molecule has 2 aliphatic heterocycles. The largest absolute Gasteiger partial charge is 0.486 e. The predicted molar refractivity (Wildman–Crippen MR) is 109 cm³/mol. The molecular formula is C23H22ClNO3. The smallest absolute Gasteiger partial charge is 0.163 e. The molecule has 5 heteroatoms. The molecule has 0 radical (unpaired) electrons. The number of halogens is 1. The van der Waals surface area contributed by atoms with E-state index in [0.29, 0.717) is 24.7 Å². The van der Waals surface area contributed by atoms with Crippen LogP contribution in [-0.4, -0.2) is 19.0 Å². The molecule has 1 atom stereocenters. The van der Waals surface area contributed by atoms with E-state index in [-0.39, 0.29) is 17.1 Å². The number of rotatable bonds is 1. The number of ketones is 1. The molecular weight excluding hydrogens is 374 g/mol. The summed E-state index contributed by atoms with van der Waals surface area (Å²) >= 11 is 6.30. The standard InChI is InChI=1S/C23H22ClNO3/c1-23(2)11-17-22(18(26)12-23)21(13-4-3-5-14(24)8-13)15-9-19-20(10-16(15)25-17)28-7-6-27-19/h3-5,8-10,21,25H,6-7,11-12H2,1-2H3. The molecule has 0 fully saturated rings. The van der Waals surface area contributed by atoms with Gasteiger partial charge in [-0.3, -0.25) is 4.79 Å². The Hall–Kier alpha value is -2.46. The number of hydrogen-bond acceptors (Lipinski definition) is 4. The third-order valence-electron chi connectivity index (χ3n) is 5.70. The fraction of sp³-hybridized carbons (Fsp3) is 0.348. The summed E-state index contributed by atoms with van der Waals surface area (Å²) < 4.78 is 11.6. The number of hydrogen-bond donors (Lipinski definition) is 1. The number of allylic oxidation sites excluding steroid dienone is 2. The number of carbonyl (C=O) groups is 1. The van der Waals surface area contributed by atoms with Crippen LogP contribution in [-0.2, 0) is 4.79 Å². The second kappa shape index (κ2) is 6.28. The van der Waals surface area contributed by atoms with Crippen molar-refractivity contribution in [2.45, 2.75) is 32.6 Å². The minimum Gasteiger partial charge on any atom is -0.486 e. The van der Waals surface area contributed by atoms with Crippen LogP contribution in [0.5, 0.6) is 11.5 Å². The molecule has 2 heterocycles. The van der Waals surface area contributed by atoms with Crippen molar-refractivity contribution in [3.63, 3.8) is 0 Å². The molecule has 5 rings (SSSR count). The Balaban J connectivity index is 1.73. The van der Waals surface area contributed by atoms with Crippen molar-refractivity contribution in [1.82, 2.24) is 0 Å². The average Bonchev–Trinajstić information content (AvgIpc) is 2.64. The molecule has 28 heavy (non-hydrogen) atoms. The van der Waals surface area contributed by atoms with Crippen molar-refractivity contribution in [3.8, 4) is 11.5 Å². The van der Waals surface area contributed by atoms with Crippen LogP contribution in [0.25, 0.3) is 0 Å². The van der Waals surface area contributed by atoms with Crippen molar-refractivity contribution in [2.24, 2.45) is 5.41 Å². The van der Waals surface area contributed by atoms with Crippen molar-refractivity contribution in [2.75, 3.05) is 18.5 Å². The van der Waals surface area contributed by atoms with Crippen molar-refractivity contribution in [1.29, 1.82) is 0 Å². The maximum absolute atomic E-state index is 13.2. The van der Waals surface area contributed by atoms with Gasteiger partial charge in [0.2, 0.25) is 0 Å². The van der Waals surface area contributed by atoms with Gasteiger partial charge in [-0.05, 0) is 41.2 Å². The lowest BCUT2D eigenvalue weighted by Crippen LogP contribution is -2.34. The lowest BCUT2D eigenvalue weighted by atomic mass is 9.68. The summed E-state index contributed by atoms with van der Waals surface area (Å²) in [7, 11) is 0. The van der Waals surface area contributed by atoms with Gasteiger partial charge in [-0.2, -0.15) is 0 Å². The fourth-order valence-corrected chi connectivity index (χ4v) is 4.78. The minimum atomic E-state index is -0.163. The molecule has 1 aliphatic carbocycles. The molecule has 0 saturated carbocycles. The molecule has 4 nitrogen and oxygen atoms in total. The van der Waals surface area contributed by atoms with Gasteiger partial charge in [0.25, 0.3) is 0 Å². The maximum Gasteiger partial charge on any atom is 0.163 e. The predicted octanol–water partition coefficient (Wildman–Crippen LogP) is 5.31. The molecule has 0 aromatic heterocycles. The molecule has 0 spiro atoms. The van der Waals surface area contributed by atoms with Gasteiger partial charge < -0.3 is 14.8 Å². The number of anilines is 1. The highest BCUT2D eigenvalue weighted by Gasteiger charge is 2.41. The van der Waals surface area contributed by atoms with Gasteiger partial charge in [0.05, 0.1) is 0 Å². The first kappa shape index (κ1) is 17.6. The number of nitrogens with one attached hydrogen (secondary N) is 1. The van der Waals surface area contributed by atoms with E-state index in [2.05, 4.69) is 19.2 Å². The summed E-state index contributed by atoms with van der Waals surface area (Å²) in [6, 6.07) is 11.8. The Bertz CT molecular complexity index is 1020. The molecule has 0 amide bonds. The van der Waals surface area contributed by atoms with E-state index < -0.39 is 0 Å². The summed E-state index contributed by atoms with van der Waals surface area (Å²) in [4.78, 5) is 13.2. The zero-order valence-electron chi connectivity index (χ0n) is 16.0. The first-order valence-electron chi connectivity index (χ1n) is 9.64. The lowest BCUT2D eigenvalue weighted by molar-refractivity contribution is -0.118. The summed E-state index contributed by atoms with van der Waals surface area (Å²) in [5, 5.41) is 4.21. The molecule has 0 saturated heterocycles. The normalized spacial score (nSPS) is 22.2. The zero-order chi connectivity index (χ0) is 19.5. The molecule has 1 unspecified atom stereocenters. The van der Waals surface area contributed by atoms with E-state index in [0.717, 1.165) is 46.0 Å². The Labute approximate surface area is 169 Å². The van der Waals surface area contributed by atoms with Crippen molar-refractivity contribution in [3.05, 3.63) is 63.8 Å². The van der Waals surface area contributed by atoms with Gasteiger partial charge >= 0.3 is 0 Å². The average molecular weight is 396 g/mol. The van der Waals surface area contributed by atoms with E-state index in [4.69, 9.17) is 21.1 Å². The van der Waals surface area contributed by atoms with Crippen LogP contribution in [0.15, 0.2) is 47.7 Å². The summed E-state index contributed by atoms with van der Waals surface area (Å²) in [6.07, 6.45) is 1.38. The van der Waals surface area contributed by atoms with E-state index >= 15 is 0 Å². The highest BCUT2D eigenvalue weighted by molar-refractivity contribution is 6.30. The van der Waals surface area contributed by atoms with Gasteiger partial charge in [0, 0.05) is 40.4 Å². The number of fused-ring (bicyclic) bond motifs is 2. The topological polar surface area (TPSA) is 47.6 Å². The number of ether oxygens (including phenoxy) is 2. The van der Waals surface area contributed by atoms with Crippen LogP contribution < -0.4 is 14.8 Å². The highest BCUT2D eigenvalue weighted by atomic mass is 35.5. The molecule has 1 N–H and O–H groups in total. The Morgan fingerprint density at radius 2 is 1.82 bits per heavy atom. The number of Topliss-reactive ketones (excluding diaryl/α,β-unsaturated/α-hetero) is 1. The minimum absolute atomic E-state index is 0.0624. The van der Waals surface area contributed by atoms with Crippen LogP contribution >= 0.6 is 11.6 Å². The molecule has 2 aromatic rings. The molecule has 144 valence electrons. The zero-order valence-corrected chi connectivity index (χ0v) is 16.7. The van der Waals surface area contributed by atoms with Gasteiger partial charge in [-0.25, -0.2) is 0 Å². The van der Waals surface area contributed by atoms with Crippen LogP contribution in [0.4, 0.5) is 5.69 Å². The monoisotopic (exact) mass is 395 g/mol. The van der Waals surface area contributed by atoms with Crippen molar-refractivity contribution >= 4 is 23.1 Å². The van der Waals surface area contributed by atoms with Gasteiger partial charge in [-0.1, -0.05) is 37.6 Å². The molecule has 0 bridgehead atoms.